The minimum absolute atomic E-state index is 0.399. The van der Waals surface area contributed by atoms with Crippen LogP contribution < -0.4 is 0 Å². The van der Waals surface area contributed by atoms with Gasteiger partial charge in [-0.1, -0.05) is 23.2 Å². The van der Waals surface area contributed by atoms with E-state index in [0.717, 1.165) is 18.2 Å². The van der Waals surface area contributed by atoms with Crippen LogP contribution in [-0.2, 0) is 6.42 Å². The first kappa shape index (κ1) is 9.69. The van der Waals surface area contributed by atoms with E-state index in [0.29, 0.717) is 14.8 Å². The summed E-state index contributed by atoms with van der Waals surface area (Å²) in [4.78, 5) is 8.27. The van der Waals surface area contributed by atoms with E-state index in [-0.39, 0.29) is 0 Å². The van der Waals surface area contributed by atoms with Crippen LogP contribution in [0.15, 0.2) is 4.47 Å². The highest BCUT2D eigenvalue weighted by Crippen LogP contribution is 2.33. The molecule has 0 aromatic carbocycles. The lowest BCUT2D eigenvalue weighted by Gasteiger charge is -2.01. The fraction of sp³-hybridized carbons (Fsp3) is 0.500. The van der Waals surface area contributed by atoms with Crippen molar-refractivity contribution in [2.75, 3.05) is 0 Å². The molecule has 0 radical (unpaired) electrons. The molecule has 1 heterocycles. The summed E-state index contributed by atoms with van der Waals surface area (Å²) in [6, 6.07) is 0. The van der Waals surface area contributed by atoms with E-state index in [1.807, 2.05) is 0 Å². The molecule has 1 aliphatic carbocycles. The van der Waals surface area contributed by atoms with Gasteiger partial charge in [-0.15, -0.1) is 0 Å². The van der Waals surface area contributed by atoms with Crippen LogP contribution in [0.5, 0.6) is 0 Å². The van der Waals surface area contributed by atoms with E-state index >= 15 is 0 Å². The molecule has 0 spiro atoms. The maximum absolute atomic E-state index is 5.84. The number of aromatic nitrogens is 2. The first-order chi connectivity index (χ1) is 6.16. The summed E-state index contributed by atoms with van der Waals surface area (Å²) in [7, 11) is 0. The van der Waals surface area contributed by atoms with Gasteiger partial charge in [0, 0.05) is 6.42 Å². The van der Waals surface area contributed by atoms with Gasteiger partial charge in [0.25, 0.3) is 0 Å². The second-order valence-corrected chi connectivity index (χ2v) is 4.69. The summed E-state index contributed by atoms with van der Waals surface area (Å²) in [5, 5.41) is 0.798. The summed E-state index contributed by atoms with van der Waals surface area (Å²) in [5.74, 6) is 1.49. The molecule has 0 unspecified atom stereocenters. The third-order valence-electron chi connectivity index (χ3n) is 1.98. The van der Waals surface area contributed by atoms with Crippen LogP contribution in [0.3, 0.4) is 0 Å². The average Bonchev–Trinajstić information content (AvgIpc) is 2.84. The van der Waals surface area contributed by atoms with Crippen molar-refractivity contribution >= 4 is 39.1 Å². The van der Waals surface area contributed by atoms with Gasteiger partial charge in [-0.2, -0.15) is 0 Å². The highest BCUT2D eigenvalue weighted by atomic mass is 79.9. The molecule has 1 aliphatic rings. The molecule has 0 atom stereocenters. The van der Waals surface area contributed by atoms with Crippen LogP contribution in [0, 0.1) is 5.92 Å². The van der Waals surface area contributed by atoms with Crippen LogP contribution in [-0.4, -0.2) is 9.97 Å². The quantitative estimate of drug-likeness (QED) is 0.776. The van der Waals surface area contributed by atoms with Crippen molar-refractivity contribution in [1.29, 1.82) is 0 Å². The topological polar surface area (TPSA) is 25.8 Å². The average molecular weight is 282 g/mol. The fourth-order valence-corrected chi connectivity index (χ4v) is 1.71. The monoisotopic (exact) mass is 280 g/mol. The van der Waals surface area contributed by atoms with Crippen molar-refractivity contribution in [2.45, 2.75) is 19.3 Å². The van der Waals surface area contributed by atoms with Crippen LogP contribution >= 0.6 is 39.1 Å². The summed E-state index contributed by atoms with van der Waals surface area (Å²) >= 11 is 14.9. The molecule has 0 amide bonds. The lowest BCUT2D eigenvalue weighted by molar-refractivity contribution is 0.768. The number of hydrogen-bond acceptors (Lipinski definition) is 2. The standard InChI is InChI=1S/C8H7BrCl2N2/c9-6-7(10)12-5(13-8(6)11)3-4-1-2-4/h4H,1-3H2. The molecule has 13 heavy (non-hydrogen) atoms. The van der Waals surface area contributed by atoms with Gasteiger partial charge in [0.1, 0.15) is 16.1 Å². The highest BCUT2D eigenvalue weighted by Gasteiger charge is 2.23. The van der Waals surface area contributed by atoms with Gasteiger partial charge in [-0.3, -0.25) is 0 Å². The SMILES string of the molecule is Clc1nc(CC2CC2)nc(Cl)c1Br. The maximum Gasteiger partial charge on any atom is 0.148 e. The largest absolute Gasteiger partial charge is 0.220 e. The Labute approximate surface area is 94.8 Å². The summed E-state index contributed by atoms with van der Waals surface area (Å²) < 4.78 is 0.579. The van der Waals surface area contributed by atoms with Gasteiger partial charge in [-0.05, 0) is 34.7 Å². The van der Waals surface area contributed by atoms with Crippen molar-refractivity contribution in [3.63, 3.8) is 0 Å². The predicted octanol–water partition coefficient (Wildman–Crippen LogP) is 3.50. The first-order valence-corrected chi connectivity index (χ1v) is 5.59. The van der Waals surface area contributed by atoms with E-state index < -0.39 is 0 Å². The smallest absolute Gasteiger partial charge is 0.148 e. The Morgan fingerprint density at radius 2 is 1.77 bits per heavy atom. The van der Waals surface area contributed by atoms with Crippen LogP contribution in [0.2, 0.25) is 10.3 Å². The Bertz CT molecular complexity index is 316. The molecule has 0 bridgehead atoms. The van der Waals surface area contributed by atoms with E-state index in [9.17, 15) is 0 Å². The molecule has 0 aliphatic heterocycles. The normalized spacial score (nSPS) is 16.2. The highest BCUT2D eigenvalue weighted by molar-refractivity contribution is 9.10. The molecule has 70 valence electrons. The lowest BCUT2D eigenvalue weighted by atomic mass is 10.3. The minimum Gasteiger partial charge on any atom is -0.220 e. The Hall–Kier alpha value is 0.140. The van der Waals surface area contributed by atoms with Gasteiger partial charge in [-0.25, -0.2) is 9.97 Å². The molecule has 2 rings (SSSR count). The molecule has 0 saturated heterocycles. The molecule has 5 heteroatoms. The molecular weight excluding hydrogens is 275 g/mol. The fourth-order valence-electron chi connectivity index (χ4n) is 1.11. The van der Waals surface area contributed by atoms with Gasteiger partial charge in [0.2, 0.25) is 0 Å². The predicted molar refractivity (Wildman–Crippen MR) is 56.2 cm³/mol. The molecule has 1 aromatic rings. The van der Waals surface area contributed by atoms with Crippen molar-refractivity contribution < 1.29 is 0 Å². The maximum atomic E-state index is 5.84. The third-order valence-corrected chi connectivity index (χ3v) is 3.74. The Balaban J connectivity index is 2.25. The Morgan fingerprint density at radius 1 is 1.23 bits per heavy atom. The first-order valence-electron chi connectivity index (χ1n) is 4.04. The lowest BCUT2D eigenvalue weighted by Crippen LogP contribution is -1.98. The number of rotatable bonds is 2. The zero-order valence-corrected chi connectivity index (χ0v) is 9.82. The van der Waals surface area contributed by atoms with Crippen LogP contribution in [0.25, 0.3) is 0 Å². The number of nitrogens with zero attached hydrogens (tertiary/aromatic N) is 2. The molecule has 1 fully saturated rings. The van der Waals surface area contributed by atoms with Gasteiger partial charge >= 0.3 is 0 Å². The molecule has 2 nitrogen and oxygen atoms in total. The van der Waals surface area contributed by atoms with Crippen LogP contribution in [0.1, 0.15) is 18.7 Å². The van der Waals surface area contributed by atoms with Crippen molar-refractivity contribution in [2.24, 2.45) is 5.92 Å². The molecular formula is C8H7BrCl2N2. The van der Waals surface area contributed by atoms with E-state index in [1.165, 1.54) is 12.8 Å². The second kappa shape index (κ2) is 3.71. The summed E-state index contributed by atoms with van der Waals surface area (Å²) in [6.45, 7) is 0. The van der Waals surface area contributed by atoms with E-state index in [2.05, 4.69) is 25.9 Å². The molecule has 1 saturated carbocycles. The van der Waals surface area contributed by atoms with Gasteiger partial charge < -0.3 is 0 Å². The number of halogens is 3. The molecule has 1 aromatic heterocycles. The second-order valence-electron chi connectivity index (χ2n) is 3.18. The van der Waals surface area contributed by atoms with Crippen molar-refractivity contribution in [3.05, 3.63) is 20.6 Å². The minimum atomic E-state index is 0.399. The molecule has 0 N–H and O–H groups in total. The zero-order chi connectivity index (χ0) is 9.42. The van der Waals surface area contributed by atoms with Crippen molar-refractivity contribution in [1.82, 2.24) is 9.97 Å². The Morgan fingerprint density at radius 3 is 2.23 bits per heavy atom. The van der Waals surface area contributed by atoms with E-state index in [1.54, 1.807) is 0 Å². The van der Waals surface area contributed by atoms with Crippen molar-refractivity contribution in [3.8, 4) is 0 Å². The zero-order valence-electron chi connectivity index (χ0n) is 6.73. The third kappa shape index (κ3) is 2.33. The van der Waals surface area contributed by atoms with Gasteiger partial charge in [0.05, 0.1) is 4.47 Å². The number of hydrogen-bond donors (Lipinski definition) is 0. The van der Waals surface area contributed by atoms with Gasteiger partial charge in [0.15, 0.2) is 0 Å². The van der Waals surface area contributed by atoms with Crippen LogP contribution in [0.4, 0.5) is 0 Å². The van der Waals surface area contributed by atoms with E-state index in [4.69, 9.17) is 23.2 Å². The Kier molecular flexibility index (Phi) is 2.77. The summed E-state index contributed by atoms with van der Waals surface area (Å²) in [5.41, 5.74) is 0. The summed E-state index contributed by atoms with van der Waals surface area (Å²) in [6.07, 6.45) is 3.44.